The normalized spacial score (nSPS) is 11.0. The van der Waals surface area contributed by atoms with Gasteiger partial charge in [0.2, 0.25) is 0 Å². The Morgan fingerprint density at radius 1 is 1.05 bits per heavy atom. The van der Waals surface area contributed by atoms with Gasteiger partial charge >= 0.3 is 5.97 Å². The molecule has 2 aromatic rings. The first kappa shape index (κ1) is 14.5. The van der Waals surface area contributed by atoms with Gasteiger partial charge in [0, 0.05) is 6.08 Å². The second kappa shape index (κ2) is 7.00. The third-order valence-electron chi connectivity index (χ3n) is 2.73. The quantitative estimate of drug-likeness (QED) is 0.480. The molecular formula is C16H13NO4. The molecule has 0 fully saturated rings. The molecule has 106 valence electrons. The molecule has 0 amide bonds. The van der Waals surface area contributed by atoms with Crippen LogP contribution in [0.3, 0.4) is 0 Å². The van der Waals surface area contributed by atoms with Crippen molar-refractivity contribution in [2.75, 3.05) is 6.61 Å². The van der Waals surface area contributed by atoms with E-state index in [-0.39, 0.29) is 12.3 Å². The minimum absolute atomic E-state index is 0.175. The molecule has 0 saturated carbocycles. The summed E-state index contributed by atoms with van der Waals surface area (Å²) >= 11 is 0. The van der Waals surface area contributed by atoms with Crippen molar-refractivity contribution in [2.45, 2.75) is 0 Å². The van der Waals surface area contributed by atoms with Crippen LogP contribution in [-0.4, -0.2) is 17.5 Å². The van der Waals surface area contributed by atoms with E-state index in [0.29, 0.717) is 11.1 Å². The lowest BCUT2D eigenvalue weighted by Gasteiger charge is -2.03. The minimum atomic E-state index is -0.587. The molecule has 0 spiro atoms. The number of nitrogens with zero attached hydrogens (tertiary/aromatic N) is 1. The molecule has 21 heavy (non-hydrogen) atoms. The monoisotopic (exact) mass is 283 g/mol. The number of carbonyl (C=O) groups is 1. The van der Waals surface area contributed by atoms with Gasteiger partial charge in [-0.1, -0.05) is 48.5 Å². The van der Waals surface area contributed by atoms with Gasteiger partial charge in [0.15, 0.2) is 6.61 Å². The Hall–Kier alpha value is -2.95. The van der Waals surface area contributed by atoms with E-state index in [0.717, 1.165) is 0 Å². The summed E-state index contributed by atoms with van der Waals surface area (Å²) in [6, 6.07) is 17.2. The Morgan fingerprint density at radius 3 is 2.19 bits per heavy atom. The Morgan fingerprint density at radius 2 is 1.62 bits per heavy atom. The number of benzene rings is 2. The van der Waals surface area contributed by atoms with Crippen molar-refractivity contribution in [3.05, 3.63) is 87.6 Å². The Bertz CT molecular complexity index is 650. The minimum Gasteiger partial charge on any atom is -0.451 e. The summed E-state index contributed by atoms with van der Waals surface area (Å²) in [4.78, 5) is 22.2. The first-order chi connectivity index (χ1) is 10.2. The first-order valence-electron chi connectivity index (χ1n) is 6.29. The maximum Gasteiger partial charge on any atom is 0.338 e. The molecule has 0 aliphatic rings. The molecule has 0 unspecified atom stereocenters. The number of nitro groups is 1. The van der Waals surface area contributed by atoms with Gasteiger partial charge in [0.25, 0.3) is 5.70 Å². The standard InChI is InChI=1S/C16H13NO4/c18-16(14-9-5-2-6-10-14)21-12-15(17(19)20)11-13-7-3-1-4-8-13/h1-11H,12H2. The Balaban J connectivity index is 2.06. The van der Waals surface area contributed by atoms with E-state index in [9.17, 15) is 14.9 Å². The molecule has 0 radical (unpaired) electrons. The predicted molar refractivity (Wildman–Crippen MR) is 78.1 cm³/mol. The summed E-state index contributed by atoms with van der Waals surface area (Å²) in [6.45, 7) is -0.379. The van der Waals surface area contributed by atoms with Crippen molar-refractivity contribution in [1.82, 2.24) is 0 Å². The molecule has 5 nitrogen and oxygen atoms in total. The van der Waals surface area contributed by atoms with Gasteiger partial charge in [-0.05, 0) is 17.7 Å². The fourth-order valence-electron chi connectivity index (χ4n) is 1.69. The van der Waals surface area contributed by atoms with Crippen LogP contribution in [0.5, 0.6) is 0 Å². The third kappa shape index (κ3) is 4.28. The van der Waals surface area contributed by atoms with E-state index < -0.39 is 10.9 Å². The van der Waals surface area contributed by atoms with E-state index in [1.165, 1.54) is 6.08 Å². The van der Waals surface area contributed by atoms with E-state index in [2.05, 4.69) is 0 Å². The zero-order valence-electron chi connectivity index (χ0n) is 11.1. The molecule has 0 bridgehead atoms. The summed E-state index contributed by atoms with van der Waals surface area (Å²) in [5.41, 5.74) is 0.866. The van der Waals surface area contributed by atoms with Crippen molar-refractivity contribution >= 4 is 12.0 Å². The Kier molecular flexibility index (Phi) is 4.82. The number of rotatable bonds is 5. The average molecular weight is 283 g/mol. The van der Waals surface area contributed by atoms with Crippen LogP contribution in [0, 0.1) is 10.1 Å². The zero-order valence-corrected chi connectivity index (χ0v) is 11.1. The molecule has 0 saturated heterocycles. The maximum atomic E-state index is 11.8. The number of hydrogen-bond donors (Lipinski definition) is 0. The number of carbonyl (C=O) groups excluding carboxylic acids is 1. The summed E-state index contributed by atoms with van der Waals surface area (Å²) < 4.78 is 4.97. The van der Waals surface area contributed by atoms with Crippen molar-refractivity contribution in [1.29, 1.82) is 0 Å². The molecule has 2 rings (SSSR count). The molecule has 2 aromatic carbocycles. The maximum absolute atomic E-state index is 11.8. The highest BCUT2D eigenvalue weighted by Gasteiger charge is 2.15. The number of esters is 1. The van der Waals surface area contributed by atoms with Crippen molar-refractivity contribution < 1.29 is 14.5 Å². The lowest BCUT2D eigenvalue weighted by Crippen LogP contribution is -2.12. The average Bonchev–Trinajstić information content (AvgIpc) is 2.52. The summed E-state index contributed by atoms with van der Waals surface area (Å²) in [7, 11) is 0. The van der Waals surface area contributed by atoms with Crippen molar-refractivity contribution in [2.24, 2.45) is 0 Å². The molecule has 0 aromatic heterocycles. The van der Waals surface area contributed by atoms with Crippen LogP contribution in [0.2, 0.25) is 0 Å². The number of ether oxygens (including phenoxy) is 1. The van der Waals surface area contributed by atoms with Crippen LogP contribution >= 0.6 is 0 Å². The number of hydrogen-bond acceptors (Lipinski definition) is 4. The zero-order chi connectivity index (χ0) is 15.1. The van der Waals surface area contributed by atoms with E-state index >= 15 is 0 Å². The van der Waals surface area contributed by atoms with Gasteiger partial charge in [-0.2, -0.15) is 0 Å². The van der Waals surface area contributed by atoms with Gasteiger partial charge in [-0.15, -0.1) is 0 Å². The van der Waals surface area contributed by atoms with Crippen LogP contribution in [0.15, 0.2) is 66.4 Å². The van der Waals surface area contributed by atoms with E-state index in [1.54, 1.807) is 54.6 Å². The van der Waals surface area contributed by atoms with Crippen LogP contribution in [0.25, 0.3) is 6.08 Å². The molecule has 0 aliphatic carbocycles. The fraction of sp³-hybridized carbons (Fsp3) is 0.0625. The summed E-state index contributed by atoms with van der Waals surface area (Å²) in [5, 5.41) is 11.0. The molecule has 0 aliphatic heterocycles. The molecule has 0 heterocycles. The van der Waals surface area contributed by atoms with E-state index in [4.69, 9.17) is 4.74 Å². The summed E-state index contributed by atoms with van der Waals surface area (Å²) in [6.07, 6.45) is 1.39. The molecule has 0 N–H and O–H groups in total. The SMILES string of the molecule is O=C(OCC(=Cc1ccccc1)[N+](=O)[O-])c1ccccc1. The van der Waals surface area contributed by atoms with Crippen molar-refractivity contribution in [3.8, 4) is 0 Å². The first-order valence-corrected chi connectivity index (χ1v) is 6.29. The van der Waals surface area contributed by atoms with Crippen LogP contribution < -0.4 is 0 Å². The van der Waals surface area contributed by atoms with Crippen LogP contribution in [-0.2, 0) is 4.74 Å². The lowest BCUT2D eigenvalue weighted by atomic mass is 10.2. The highest BCUT2D eigenvalue weighted by molar-refractivity contribution is 5.89. The van der Waals surface area contributed by atoms with Gasteiger partial charge in [-0.3, -0.25) is 10.1 Å². The largest absolute Gasteiger partial charge is 0.451 e. The fourth-order valence-corrected chi connectivity index (χ4v) is 1.69. The Labute approximate surface area is 121 Å². The highest BCUT2D eigenvalue weighted by Crippen LogP contribution is 2.09. The predicted octanol–water partition coefficient (Wildman–Crippen LogP) is 3.16. The topological polar surface area (TPSA) is 69.4 Å². The molecule has 5 heteroatoms. The van der Waals surface area contributed by atoms with Crippen LogP contribution in [0.4, 0.5) is 0 Å². The van der Waals surface area contributed by atoms with Gasteiger partial charge in [0.1, 0.15) is 0 Å². The molecular weight excluding hydrogens is 270 g/mol. The van der Waals surface area contributed by atoms with Gasteiger partial charge in [-0.25, -0.2) is 4.79 Å². The third-order valence-corrected chi connectivity index (χ3v) is 2.73. The lowest BCUT2D eigenvalue weighted by molar-refractivity contribution is -0.428. The van der Waals surface area contributed by atoms with Gasteiger partial charge < -0.3 is 4.74 Å². The second-order valence-electron chi connectivity index (χ2n) is 4.25. The molecule has 0 atom stereocenters. The van der Waals surface area contributed by atoms with Crippen LogP contribution in [0.1, 0.15) is 15.9 Å². The summed E-state index contributed by atoms with van der Waals surface area (Å²) in [5.74, 6) is -0.587. The van der Waals surface area contributed by atoms with E-state index in [1.807, 2.05) is 6.07 Å². The van der Waals surface area contributed by atoms with Gasteiger partial charge in [0.05, 0.1) is 10.5 Å². The second-order valence-corrected chi connectivity index (χ2v) is 4.25. The smallest absolute Gasteiger partial charge is 0.338 e. The van der Waals surface area contributed by atoms with Crippen molar-refractivity contribution in [3.63, 3.8) is 0 Å². The highest BCUT2D eigenvalue weighted by atomic mass is 16.6.